The Balaban J connectivity index is 2.22. The van der Waals surface area contributed by atoms with Gasteiger partial charge in [-0.25, -0.2) is 4.79 Å². The van der Waals surface area contributed by atoms with E-state index in [-0.39, 0.29) is 5.97 Å². The molecule has 0 bridgehead atoms. The van der Waals surface area contributed by atoms with Crippen LogP contribution in [-0.4, -0.2) is 34.9 Å². The summed E-state index contributed by atoms with van der Waals surface area (Å²) < 4.78 is 6.89. The number of methoxy groups -OCH3 is 1. The Kier molecular flexibility index (Phi) is 4.24. The van der Waals surface area contributed by atoms with Crippen molar-refractivity contribution in [2.75, 3.05) is 13.7 Å². The van der Waals surface area contributed by atoms with Crippen LogP contribution in [0.2, 0.25) is 0 Å². The number of nitrogens with one attached hydrogen (secondary N) is 1. The number of aromatic nitrogens is 2. The van der Waals surface area contributed by atoms with Gasteiger partial charge < -0.3 is 10.1 Å². The molecule has 0 aromatic carbocycles. The highest BCUT2D eigenvalue weighted by atomic mass is 16.5. The van der Waals surface area contributed by atoms with Crippen LogP contribution in [0.4, 0.5) is 0 Å². The molecule has 2 rings (SSSR count). The van der Waals surface area contributed by atoms with Gasteiger partial charge in [-0.2, -0.15) is 5.10 Å². The highest BCUT2D eigenvalue weighted by molar-refractivity contribution is 5.81. The van der Waals surface area contributed by atoms with Crippen LogP contribution in [0.5, 0.6) is 0 Å². The fourth-order valence-corrected chi connectivity index (χ4v) is 2.55. The van der Waals surface area contributed by atoms with Crippen LogP contribution in [0.25, 0.3) is 0 Å². The predicted octanol–water partition coefficient (Wildman–Crippen LogP) is 1.51. The Labute approximate surface area is 114 Å². The maximum Gasteiger partial charge on any atom is 0.328 e. The fraction of sp³-hybridized carbons (Fsp3) is 0.714. The average Bonchev–Trinajstić information content (AvgIpc) is 3.18. The fourth-order valence-electron chi connectivity index (χ4n) is 2.55. The monoisotopic (exact) mass is 265 g/mol. The molecular weight excluding hydrogens is 242 g/mol. The SMILES string of the molecule is CCCNC(Cn1ccc(C)n1)(C(=O)OC)C1CC1. The highest BCUT2D eigenvalue weighted by Gasteiger charge is 2.52. The van der Waals surface area contributed by atoms with E-state index < -0.39 is 5.54 Å². The minimum atomic E-state index is -0.622. The molecule has 1 atom stereocenters. The Bertz CT molecular complexity index is 440. The maximum absolute atomic E-state index is 12.3. The molecule has 1 aliphatic carbocycles. The van der Waals surface area contributed by atoms with E-state index in [2.05, 4.69) is 17.3 Å². The van der Waals surface area contributed by atoms with Gasteiger partial charge in [0, 0.05) is 6.20 Å². The van der Waals surface area contributed by atoms with Crippen LogP contribution in [0, 0.1) is 12.8 Å². The lowest BCUT2D eigenvalue weighted by molar-refractivity contribution is -0.150. The third-order valence-electron chi connectivity index (χ3n) is 3.70. The van der Waals surface area contributed by atoms with Crippen molar-refractivity contribution >= 4 is 5.97 Å². The molecule has 1 unspecified atom stereocenters. The minimum absolute atomic E-state index is 0.170. The molecule has 1 fully saturated rings. The number of carbonyl (C=O) groups excluding carboxylic acids is 1. The Morgan fingerprint density at radius 3 is 2.84 bits per heavy atom. The minimum Gasteiger partial charge on any atom is -0.468 e. The Morgan fingerprint density at radius 1 is 1.63 bits per heavy atom. The zero-order chi connectivity index (χ0) is 13.9. The first-order valence-corrected chi connectivity index (χ1v) is 6.96. The summed E-state index contributed by atoms with van der Waals surface area (Å²) in [5, 5.41) is 7.82. The van der Waals surface area contributed by atoms with Crippen molar-refractivity contribution in [2.45, 2.75) is 45.2 Å². The number of esters is 1. The third-order valence-corrected chi connectivity index (χ3v) is 3.70. The van der Waals surface area contributed by atoms with E-state index in [1.165, 1.54) is 7.11 Å². The standard InChI is InChI=1S/C14H23N3O2/c1-4-8-15-14(12-5-6-12,13(18)19-3)10-17-9-7-11(2)16-17/h7,9,12,15H,4-6,8,10H2,1-3H3. The van der Waals surface area contributed by atoms with Crippen molar-refractivity contribution in [2.24, 2.45) is 5.92 Å². The van der Waals surface area contributed by atoms with Gasteiger partial charge in [0.15, 0.2) is 0 Å². The van der Waals surface area contributed by atoms with Gasteiger partial charge in [-0.3, -0.25) is 4.68 Å². The van der Waals surface area contributed by atoms with Gasteiger partial charge in [0.25, 0.3) is 0 Å². The van der Waals surface area contributed by atoms with E-state index in [1.807, 2.05) is 23.9 Å². The molecule has 106 valence electrons. The molecule has 1 aromatic heterocycles. The predicted molar refractivity (Wildman–Crippen MR) is 72.7 cm³/mol. The van der Waals surface area contributed by atoms with E-state index in [4.69, 9.17) is 4.74 Å². The van der Waals surface area contributed by atoms with Gasteiger partial charge in [0.1, 0.15) is 5.54 Å². The summed E-state index contributed by atoms with van der Waals surface area (Å²) in [6, 6.07) is 1.95. The molecule has 0 saturated heterocycles. The summed E-state index contributed by atoms with van der Waals surface area (Å²) in [7, 11) is 1.46. The van der Waals surface area contributed by atoms with E-state index in [1.54, 1.807) is 0 Å². The smallest absolute Gasteiger partial charge is 0.328 e. The normalized spacial score (nSPS) is 18.1. The summed E-state index contributed by atoms with van der Waals surface area (Å²) >= 11 is 0. The molecule has 0 radical (unpaired) electrons. The van der Waals surface area contributed by atoms with Gasteiger partial charge in [0.2, 0.25) is 0 Å². The van der Waals surface area contributed by atoms with Crippen LogP contribution < -0.4 is 5.32 Å². The zero-order valence-corrected chi connectivity index (χ0v) is 12.0. The van der Waals surface area contributed by atoms with E-state index >= 15 is 0 Å². The van der Waals surface area contributed by atoms with Crippen LogP contribution in [0.3, 0.4) is 0 Å². The highest BCUT2D eigenvalue weighted by Crippen LogP contribution is 2.41. The van der Waals surface area contributed by atoms with Crippen LogP contribution in [0.1, 0.15) is 31.9 Å². The second-order valence-electron chi connectivity index (χ2n) is 5.32. The van der Waals surface area contributed by atoms with Gasteiger partial charge in [0.05, 0.1) is 19.3 Å². The van der Waals surface area contributed by atoms with Gasteiger partial charge in [-0.05, 0) is 44.7 Å². The topological polar surface area (TPSA) is 56.2 Å². The van der Waals surface area contributed by atoms with E-state index in [0.717, 1.165) is 31.5 Å². The molecule has 1 aliphatic rings. The van der Waals surface area contributed by atoms with Crippen LogP contribution in [-0.2, 0) is 16.1 Å². The number of hydrogen-bond donors (Lipinski definition) is 1. The van der Waals surface area contributed by atoms with E-state index in [0.29, 0.717) is 12.5 Å². The molecule has 1 aromatic rings. The average molecular weight is 265 g/mol. The maximum atomic E-state index is 12.3. The summed E-state index contributed by atoms with van der Waals surface area (Å²) in [5.41, 5.74) is 0.341. The quantitative estimate of drug-likeness (QED) is 0.759. The Morgan fingerprint density at radius 2 is 2.37 bits per heavy atom. The molecule has 5 heteroatoms. The third kappa shape index (κ3) is 2.97. The summed E-state index contributed by atoms with van der Waals surface area (Å²) in [5.74, 6) is 0.188. The molecule has 0 amide bonds. The Hall–Kier alpha value is -1.36. The van der Waals surface area contributed by atoms with Gasteiger partial charge >= 0.3 is 5.97 Å². The molecular formula is C14H23N3O2. The molecule has 1 N–H and O–H groups in total. The van der Waals surface area contributed by atoms with Crippen molar-refractivity contribution in [1.82, 2.24) is 15.1 Å². The summed E-state index contributed by atoms with van der Waals surface area (Å²) in [6.07, 6.45) is 5.06. The van der Waals surface area contributed by atoms with Crippen molar-refractivity contribution in [3.8, 4) is 0 Å². The molecule has 19 heavy (non-hydrogen) atoms. The second kappa shape index (κ2) is 5.74. The number of aryl methyl sites for hydroxylation is 1. The lowest BCUT2D eigenvalue weighted by Gasteiger charge is -2.32. The number of nitrogens with zero attached hydrogens (tertiary/aromatic N) is 2. The lowest BCUT2D eigenvalue weighted by Crippen LogP contribution is -2.57. The first kappa shape index (κ1) is 14.1. The van der Waals surface area contributed by atoms with Gasteiger partial charge in [-0.1, -0.05) is 6.92 Å². The first-order valence-electron chi connectivity index (χ1n) is 6.96. The number of carbonyl (C=O) groups is 1. The van der Waals surface area contributed by atoms with Crippen molar-refractivity contribution < 1.29 is 9.53 Å². The summed E-state index contributed by atoms with van der Waals surface area (Å²) in [6.45, 7) is 5.40. The summed E-state index contributed by atoms with van der Waals surface area (Å²) in [4.78, 5) is 12.3. The number of rotatable bonds is 7. The van der Waals surface area contributed by atoms with Crippen LogP contribution >= 0.6 is 0 Å². The molecule has 0 spiro atoms. The van der Waals surface area contributed by atoms with E-state index in [9.17, 15) is 4.79 Å². The second-order valence-corrected chi connectivity index (χ2v) is 5.32. The van der Waals surface area contributed by atoms with Crippen molar-refractivity contribution in [3.63, 3.8) is 0 Å². The largest absolute Gasteiger partial charge is 0.468 e. The van der Waals surface area contributed by atoms with Crippen molar-refractivity contribution in [3.05, 3.63) is 18.0 Å². The number of hydrogen-bond acceptors (Lipinski definition) is 4. The molecule has 1 heterocycles. The molecule has 5 nitrogen and oxygen atoms in total. The zero-order valence-electron chi connectivity index (χ0n) is 12.0. The lowest BCUT2D eigenvalue weighted by atomic mass is 9.92. The van der Waals surface area contributed by atoms with Gasteiger partial charge in [-0.15, -0.1) is 0 Å². The molecule has 0 aliphatic heterocycles. The molecule has 1 saturated carbocycles. The van der Waals surface area contributed by atoms with Crippen molar-refractivity contribution in [1.29, 1.82) is 0 Å². The first-order chi connectivity index (χ1) is 9.12. The van der Waals surface area contributed by atoms with Crippen LogP contribution in [0.15, 0.2) is 12.3 Å². The number of ether oxygens (including phenoxy) is 1.